The van der Waals surface area contributed by atoms with Gasteiger partial charge in [-0.25, -0.2) is 4.98 Å². The van der Waals surface area contributed by atoms with Crippen LogP contribution in [0.5, 0.6) is 0 Å². The van der Waals surface area contributed by atoms with Crippen LogP contribution in [0.25, 0.3) is 11.0 Å². The normalized spacial score (nSPS) is 14.5. The Morgan fingerprint density at radius 3 is 2.74 bits per heavy atom. The number of hydrogen-bond donors (Lipinski definition) is 2. The van der Waals surface area contributed by atoms with Crippen molar-refractivity contribution in [1.29, 1.82) is 0 Å². The quantitative estimate of drug-likeness (QED) is 0.835. The van der Waals surface area contributed by atoms with E-state index in [1.807, 2.05) is 31.2 Å². The standard InChI is InChI=1S/C15H21N3O/c1-3-8-15(2,19)11-16-9-12-10-17-13-6-4-5-7-14(13)18-12/h4-7,10,16,19H,3,8-9,11H2,1-2H3. The monoisotopic (exact) mass is 259 g/mol. The maximum absolute atomic E-state index is 10.1. The summed E-state index contributed by atoms with van der Waals surface area (Å²) in [5.74, 6) is 0. The molecule has 0 spiro atoms. The summed E-state index contributed by atoms with van der Waals surface area (Å²) in [5, 5.41) is 13.3. The lowest BCUT2D eigenvalue weighted by Gasteiger charge is -2.22. The molecule has 102 valence electrons. The van der Waals surface area contributed by atoms with Crippen LogP contribution in [0.1, 0.15) is 32.4 Å². The van der Waals surface area contributed by atoms with E-state index in [0.29, 0.717) is 13.1 Å². The highest BCUT2D eigenvalue weighted by Crippen LogP contribution is 2.11. The van der Waals surface area contributed by atoms with Crippen LogP contribution in [0.2, 0.25) is 0 Å². The molecule has 4 nitrogen and oxygen atoms in total. The van der Waals surface area contributed by atoms with Crippen molar-refractivity contribution in [3.8, 4) is 0 Å². The molecule has 0 bridgehead atoms. The van der Waals surface area contributed by atoms with Crippen molar-refractivity contribution in [3.63, 3.8) is 0 Å². The number of aromatic nitrogens is 2. The minimum absolute atomic E-state index is 0.565. The lowest BCUT2D eigenvalue weighted by Crippen LogP contribution is -2.37. The van der Waals surface area contributed by atoms with Crippen LogP contribution >= 0.6 is 0 Å². The zero-order valence-corrected chi connectivity index (χ0v) is 11.6. The maximum Gasteiger partial charge on any atom is 0.0890 e. The molecule has 0 fully saturated rings. The Balaban J connectivity index is 1.95. The van der Waals surface area contributed by atoms with Gasteiger partial charge in [-0.1, -0.05) is 25.5 Å². The van der Waals surface area contributed by atoms with Gasteiger partial charge in [0.1, 0.15) is 0 Å². The highest BCUT2D eigenvalue weighted by atomic mass is 16.3. The third-order valence-corrected chi connectivity index (χ3v) is 3.10. The molecule has 0 aliphatic carbocycles. The molecule has 1 aromatic carbocycles. The first-order valence-corrected chi connectivity index (χ1v) is 6.74. The Morgan fingerprint density at radius 1 is 1.26 bits per heavy atom. The third kappa shape index (κ3) is 3.98. The number of nitrogens with one attached hydrogen (secondary N) is 1. The zero-order valence-electron chi connectivity index (χ0n) is 11.6. The molecule has 0 aliphatic rings. The third-order valence-electron chi connectivity index (χ3n) is 3.10. The fraction of sp³-hybridized carbons (Fsp3) is 0.467. The van der Waals surface area contributed by atoms with E-state index < -0.39 is 5.60 Å². The summed E-state index contributed by atoms with van der Waals surface area (Å²) in [6, 6.07) is 7.82. The summed E-state index contributed by atoms with van der Waals surface area (Å²) in [6.07, 6.45) is 3.55. The fourth-order valence-corrected chi connectivity index (χ4v) is 2.17. The van der Waals surface area contributed by atoms with Crippen molar-refractivity contribution in [2.24, 2.45) is 0 Å². The van der Waals surface area contributed by atoms with Crippen molar-refractivity contribution in [1.82, 2.24) is 15.3 Å². The van der Waals surface area contributed by atoms with Crippen molar-refractivity contribution in [2.75, 3.05) is 6.54 Å². The number of rotatable bonds is 6. The first kappa shape index (κ1) is 13.9. The van der Waals surface area contributed by atoms with Gasteiger partial charge < -0.3 is 10.4 Å². The first-order chi connectivity index (χ1) is 9.11. The molecule has 1 heterocycles. The molecule has 0 saturated carbocycles. The minimum Gasteiger partial charge on any atom is -0.389 e. The second-order valence-corrected chi connectivity index (χ2v) is 5.20. The molecule has 1 unspecified atom stereocenters. The molecule has 0 aliphatic heterocycles. The van der Waals surface area contributed by atoms with Gasteiger partial charge in [-0.2, -0.15) is 0 Å². The second kappa shape index (κ2) is 6.08. The number of fused-ring (bicyclic) bond motifs is 1. The SMILES string of the molecule is CCCC(C)(O)CNCc1cnc2ccccc2n1. The fourth-order valence-electron chi connectivity index (χ4n) is 2.17. The van der Waals surface area contributed by atoms with Crippen LogP contribution in [0.3, 0.4) is 0 Å². The topological polar surface area (TPSA) is 58.0 Å². The second-order valence-electron chi connectivity index (χ2n) is 5.20. The van der Waals surface area contributed by atoms with E-state index in [1.165, 1.54) is 0 Å². The van der Waals surface area contributed by atoms with Crippen molar-refractivity contribution >= 4 is 11.0 Å². The highest BCUT2D eigenvalue weighted by molar-refractivity contribution is 5.73. The molecular formula is C15H21N3O. The molecule has 4 heteroatoms. The molecule has 2 rings (SSSR count). The van der Waals surface area contributed by atoms with E-state index in [1.54, 1.807) is 6.20 Å². The van der Waals surface area contributed by atoms with Crippen molar-refractivity contribution in [2.45, 2.75) is 38.8 Å². The van der Waals surface area contributed by atoms with Gasteiger partial charge >= 0.3 is 0 Å². The largest absolute Gasteiger partial charge is 0.389 e. The predicted octanol–water partition coefficient (Wildman–Crippen LogP) is 2.27. The maximum atomic E-state index is 10.1. The molecule has 1 atom stereocenters. The number of aliphatic hydroxyl groups is 1. The van der Waals surface area contributed by atoms with E-state index in [0.717, 1.165) is 29.6 Å². The Kier molecular flexibility index (Phi) is 4.45. The summed E-state index contributed by atoms with van der Waals surface area (Å²) in [6.45, 7) is 5.12. The molecule has 0 radical (unpaired) electrons. The van der Waals surface area contributed by atoms with E-state index in [9.17, 15) is 5.11 Å². The van der Waals surface area contributed by atoms with Crippen LogP contribution in [0.4, 0.5) is 0 Å². The summed E-state index contributed by atoms with van der Waals surface area (Å²) in [4.78, 5) is 8.90. The average Bonchev–Trinajstić information content (AvgIpc) is 2.38. The summed E-state index contributed by atoms with van der Waals surface area (Å²) >= 11 is 0. The number of para-hydroxylation sites is 2. The number of nitrogens with zero attached hydrogens (tertiary/aromatic N) is 2. The van der Waals surface area contributed by atoms with Crippen molar-refractivity contribution < 1.29 is 5.11 Å². The lowest BCUT2D eigenvalue weighted by molar-refractivity contribution is 0.0497. The van der Waals surface area contributed by atoms with E-state index in [4.69, 9.17) is 0 Å². The molecule has 2 N–H and O–H groups in total. The molecular weight excluding hydrogens is 238 g/mol. The summed E-state index contributed by atoms with van der Waals surface area (Å²) < 4.78 is 0. The van der Waals surface area contributed by atoms with Gasteiger partial charge in [0.2, 0.25) is 0 Å². The lowest BCUT2D eigenvalue weighted by atomic mass is 10.0. The molecule has 0 saturated heterocycles. The predicted molar refractivity (Wildman–Crippen MR) is 76.8 cm³/mol. The molecule has 1 aromatic heterocycles. The van der Waals surface area contributed by atoms with E-state index in [-0.39, 0.29) is 0 Å². The van der Waals surface area contributed by atoms with Crippen LogP contribution in [-0.2, 0) is 6.54 Å². The zero-order chi connectivity index (χ0) is 13.7. The van der Waals surface area contributed by atoms with Gasteiger partial charge in [-0.15, -0.1) is 0 Å². The summed E-state index contributed by atoms with van der Waals surface area (Å²) in [7, 11) is 0. The number of benzene rings is 1. The first-order valence-electron chi connectivity index (χ1n) is 6.74. The van der Waals surface area contributed by atoms with E-state index in [2.05, 4.69) is 22.2 Å². The molecule has 2 aromatic rings. The van der Waals surface area contributed by atoms with Gasteiger partial charge in [0.25, 0.3) is 0 Å². The van der Waals surface area contributed by atoms with Crippen LogP contribution in [0.15, 0.2) is 30.5 Å². The van der Waals surface area contributed by atoms with Crippen LogP contribution in [-0.4, -0.2) is 27.2 Å². The minimum atomic E-state index is -0.654. The molecule has 19 heavy (non-hydrogen) atoms. The van der Waals surface area contributed by atoms with Crippen LogP contribution < -0.4 is 5.32 Å². The Morgan fingerprint density at radius 2 is 2.00 bits per heavy atom. The Labute approximate surface area is 113 Å². The van der Waals surface area contributed by atoms with Gasteiger partial charge in [0.15, 0.2) is 0 Å². The van der Waals surface area contributed by atoms with Gasteiger partial charge in [-0.05, 0) is 25.5 Å². The number of hydrogen-bond acceptors (Lipinski definition) is 4. The molecule has 0 amide bonds. The van der Waals surface area contributed by atoms with Gasteiger partial charge in [0.05, 0.1) is 28.5 Å². The smallest absolute Gasteiger partial charge is 0.0890 e. The Bertz CT molecular complexity index is 540. The van der Waals surface area contributed by atoms with Gasteiger partial charge in [0, 0.05) is 13.1 Å². The van der Waals surface area contributed by atoms with Crippen LogP contribution in [0, 0.1) is 0 Å². The average molecular weight is 259 g/mol. The Hall–Kier alpha value is -1.52. The highest BCUT2D eigenvalue weighted by Gasteiger charge is 2.18. The van der Waals surface area contributed by atoms with Gasteiger partial charge in [-0.3, -0.25) is 4.98 Å². The summed E-state index contributed by atoms with van der Waals surface area (Å²) in [5.41, 5.74) is 2.05. The van der Waals surface area contributed by atoms with Crippen molar-refractivity contribution in [3.05, 3.63) is 36.2 Å². The van der Waals surface area contributed by atoms with E-state index >= 15 is 0 Å².